The van der Waals surface area contributed by atoms with Crippen molar-refractivity contribution in [2.75, 3.05) is 25.6 Å². The minimum absolute atomic E-state index is 0.330. The van der Waals surface area contributed by atoms with Crippen molar-refractivity contribution in [1.82, 2.24) is 0 Å². The Hall–Kier alpha value is -1.59. The second kappa shape index (κ2) is 6.04. The summed E-state index contributed by atoms with van der Waals surface area (Å²) in [6, 6.07) is 3.52. The number of anilines is 1. The summed E-state index contributed by atoms with van der Waals surface area (Å²) in [7, 11) is 0. The third-order valence-corrected chi connectivity index (χ3v) is 3.06. The van der Waals surface area contributed by atoms with Crippen LogP contribution in [0.5, 0.6) is 0 Å². The van der Waals surface area contributed by atoms with E-state index >= 15 is 0 Å². The summed E-state index contributed by atoms with van der Waals surface area (Å²) in [5.74, 6) is -0.394. The number of aryl methyl sites for hydroxylation is 1. The number of hydrogen-bond donors (Lipinski definition) is 1. The summed E-state index contributed by atoms with van der Waals surface area (Å²) in [6.07, 6.45) is 0.388. The van der Waals surface area contributed by atoms with Crippen LogP contribution < -0.4 is 5.73 Å². The minimum Gasteiger partial charge on any atom is -0.462 e. The van der Waals surface area contributed by atoms with E-state index < -0.39 is 5.97 Å². The predicted octanol–water partition coefficient (Wildman–Crippen LogP) is 2.05. The summed E-state index contributed by atoms with van der Waals surface area (Å²) in [5, 5.41) is 0. The normalized spacial score (nSPS) is 15.7. The molecule has 0 aliphatic carbocycles. The van der Waals surface area contributed by atoms with Crippen LogP contribution in [0, 0.1) is 0 Å². The number of hydrogen-bond acceptors (Lipinski definition) is 5. The van der Waals surface area contributed by atoms with Gasteiger partial charge in [0.05, 0.1) is 25.4 Å². The maximum atomic E-state index is 11.8. The Balaban J connectivity index is 2.36. The van der Waals surface area contributed by atoms with Crippen molar-refractivity contribution in [3.63, 3.8) is 0 Å². The second-order valence-electron chi connectivity index (χ2n) is 4.29. The van der Waals surface area contributed by atoms with E-state index in [1.165, 1.54) is 0 Å². The first-order valence-corrected chi connectivity index (χ1v) is 6.50. The van der Waals surface area contributed by atoms with Crippen LogP contribution in [0.4, 0.5) is 5.69 Å². The Morgan fingerprint density at radius 2 is 2.05 bits per heavy atom. The molecule has 5 heteroatoms. The van der Waals surface area contributed by atoms with E-state index in [4.69, 9.17) is 19.9 Å². The maximum absolute atomic E-state index is 11.8. The lowest BCUT2D eigenvalue weighted by Gasteiger charge is -2.16. The zero-order chi connectivity index (χ0) is 13.8. The lowest BCUT2D eigenvalue weighted by molar-refractivity contribution is -0.0446. The number of nitrogen functional groups attached to an aromatic ring is 1. The quantitative estimate of drug-likeness (QED) is 0.666. The number of carbonyl (C=O) groups is 1. The molecule has 2 rings (SSSR count). The highest BCUT2D eigenvalue weighted by atomic mass is 16.7. The molecule has 1 aromatic carbocycles. The summed E-state index contributed by atoms with van der Waals surface area (Å²) in [4.78, 5) is 11.8. The number of benzene rings is 1. The van der Waals surface area contributed by atoms with Crippen LogP contribution in [0.25, 0.3) is 0 Å². The average molecular weight is 265 g/mol. The number of carbonyl (C=O) groups excluding carboxylic acids is 1. The number of ether oxygens (including phenoxy) is 3. The molecule has 0 amide bonds. The van der Waals surface area contributed by atoms with Crippen molar-refractivity contribution in [3.8, 4) is 0 Å². The molecule has 5 nitrogen and oxygen atoms in total. The Kier molecular flexibility index (Phi) is 4.39. The van der Waals surface area contributed by atoms with Crippen LogP contribution in [0.15, 0.2) is 12.1 Å². The van der Waals surface area contributed by atoms with Gasteiger partial charge in [-0.05, 0) is 31.0 Å². The van der Waals surface area contributed by atoms with Gasteiger partial charge < -0.3 is 19.9 Å². The van der Waals surface area contributed by atoms with Gasteiger partial charge in [-0.1, -0.05) is 6.92 Å². The Bertz CT molecular complexity index is 467. The fourth-order valence-electron chi connectivity index (χ4n) is 2.13. The van der Waals surface area contributed by atoms with Gasteiger partial charge in [-0.15, -0.1) is 0 Å². The fourth-order valence-corrected chi connectivity index (χ4v) is 2.13. The zero-order valence-electron chi connectivity index (χ0n) is 11.3. The standard InChI is InChI=1S/C14H19NO4/c1-3-9-7-11(13(16)17-4-2)12(15)8-10(9)14-18-5-6-19-14/h7-8,14H,3-6,15H2,1-2H3. The molecule has 104 valence electrons. The molecular weight excluding hydrogens is 246 g/mol. The first-order valence-electron chi connectivity index (χ1n) is 6.50. The van der Waals surface area contributed by atoms with Gasteiger partial charge >= 0.3 is 5.97 Å². The minimum atomic E-state index is -0.394. The van der Waals surface area contributed by atoms with Crippen molar-refractivity contribution in [2.45, 2.75) is 26.6 Å². The van der Waals surface area contributed by atoms with Crippen LogP contribution in [0.3, 0.4) is 0 Å². The molecule has 1 aromatic rings. The van der Waals surface area contributed by atoms with Crippen LogP contribution >= 0.6 is 0 Å². The molecule has 0 radical (unpaired) electrons. The van der Waals surface area contributed by atoms with Crippen LogP contribution in [-0.4, -0.2) is 25.8 Å². The molecule has 0 saturated carbocycles. The Morgan fingerprint density at radius 1 is 1.37 bits per heavy atom. The van der Waals surface area contributed by atoms with Gasteiger partial charge in [0.25, 0.3) is 0 Å². The first-order chi connectivity index (χ1) is 9.17. The van der Waals surface area contributed by atoms with Crippen LogP contribution in [0.2, 0.25) is 0 Å². The molecule has 1 saturated heterocycles. The molecular formula is C14H19NO4. The highest BCUT2D eigenvalue weighted by Gasteiger charge is 2.23. The van der Waals surface area contributed by atoms with Gasteiger partial charge in [0.2, 0.25) is 0 Å². The highest BCUT2D eigenvalue weighted by molar-refractivity contribution is 5.95. The van der Waals surface area contributed by atoms with Crippen molar-refractivity contribution in [3.05, 3.63) is 28.8 Å². The third-order valence-electron chi connectivity index (χ3n) is 3.06. The summed E-state index contributed by atoms with van der Waals surface area (Å²) in [5.41, 5.74) is 8.61. The Labute approximate surface area is 112 Å². The van der Waals surface area contributed by atoms with Gasteiger partial charge in [-0.2, -0.15) is 0 Å². The number of rotatable bonds is 4. The number of esters is 1. The monoisotopic (exact) mass is 265 g/mol. The van der Waals surface area contributed by atoms with Crippen LogP contribution in [0.1, 0.15) is 41.6 Å². The van der Waals surface area contributed by atoms with Gasteiger partial charge in [0.15, 0.2) is 6.29 Å². The molecule has 1 aliphatic rings. The van der Waals surface area contributed by atoms with Crippen molar-refractivity contribution in [1.29, 1.82) is 0 Å². The molecule has 2 N–H and O–H groups in total. The molecule has 0 spiro atoms. The maximum Gasteiger partial charge on any atom is 0.340 e. The van der Waals surface area contributed by atoms with Crippen LogP contribution in [-0.2, 0) is 20.6 Å². The molecule has 1 heterocycles. The molecule has 1 aliphatic heterocycles. The topological polar surface area (TPSA) is 70.8 Å². The summed E-state index contributed by atoms with van der Waals surface area (Å²) < 4.78 is 16.0. The van der Waals surface area contributed by atoms with E-state index in [1.54, 1.807) is 19.1 Å². The smallest absolute Gasteiger partial charge is 0.340 e. The van der Waals surface area contributed by atoms with E-state index in [1.807, 2.05) is 6.92 Å². The third kappa shape index (κ3) is 2.88. The van der Waals surface area contributed by atoms with E-state index in [9.17, 15) is 4.79 Å². The van der Waals surface area contributed by atoms with E-state index in [0.29, 0.717) is 31.1 Å². The van der Waals surface area contributed by atoms with E-state index in [0.717, 1.165) is 17.5 Å². The zero-order valence-corrected chi connectivity index (χ0v) is 11.3. The van der Waals surface area contributed by atoms with Crippen molar-refractivity contribution < 1.29 is 19.0 Å². The highest BCUT2D eigenvalue weighted by Crippen LogP contribution is 2.30. The SMILES string of the molecule is CCOC(=O)c1cc(CC)c(C2OCCO2)cc1N. The van der Waals surface area contributed by atoms with Crippen molar-refractivity contribution >= 4 is 11.7 Å². The van der Waals surface area contributed by atoms with Gasteiger partial charge in [-0.3, -0.25) is 0 Å². The van der Waals surface area contributed by atoms with Gasteiger partial charge in [0, 0.05) is 11.3 Å². The lowest BCUT2D eigenvalue weighted by Crippen LogP contribution is -2.11. The second-order valence-corrected chi connectivity index (χ2v) is 4.29. The van der Waals surface area contributed by atoms with E-state index in [-0.39, 0.29) is 6.29 Å². The van der Waals surface area contributed by atoms with Gasteiger partial charge in [-0.25, -0.2) is 4.79 Å². The molecule has 1 fully saturated rings. The largest absolute Gasteiger partial charge is 0.462 e. The first kappa shape index (κ1) is 13.8. The lowest BCUT2D eigenvalue weighted by atomic mass is 9.99. The van der Waals surface area contributed by atoms with Gasteiger partial charge in [0.1, 0.15) is 0 Å². The summed E-state index contributed by atoms with van der Waals surface area (Å²) >= 11 is 0. The Morgan fingerprint density at radius 3 is 2.63 bits per heavy atom. The molecule has 0 aromatic heterocycles. The van der Waals surface area contributed by atoms with E-state index in [2.05, 4.69) is 0 Å². The average Bonchev–Trinajstić information content (AvgIpc) is 2.92. The summed E-state index contributed by atoms with van der Waals surface area (Å²) in [6.45, 7) is 5.26. The molecule has 19 heavy (non-hydrogen) atoms. The fraction of sp³-hybridized carbons (Fsp3) is 0.500. The van der Waals surface area contributed by atoms with Crippen molar-refractivity contribution in [2.24, 2.45) is 0 Å². The predicted molar refractivity (Wildman–Crippen MR) is 70.8 cm³/mol. The molecule has 0 atom stereocenters. The molecule has 0 bridgehead atoms. The number of nitrogens with two attached hydrogens (primary N) is 1. The molecule has 0 unspecified atom stereocenters.